The van der Waals surface area contributed by atoms with Crippen LogP contribution in [0.5, 0.6) is 0 Å². The van der Waals surface area contributed by atoms with Crippen molar-refractivity contribution in [3.8, 4) is 0 Å². The summed E-state index contributed by atoms with van der Waals surface area (Å²) >= 11 is 0. The zero-order valence-corrected chi connectivity index (χ0v) is 21.4. The molecule has 0 radical (unpaired) electrons. The maximum atomic E-state index is 12.5. The fourth-order valence-electron chi connectivity index (χ4n) is 4.63. The zero-order valence-electron chi connectivity index (χ0n) is 21.4. The summed E-state index contributed by atoms with van der Waals surface area (Å²) in [6.07, 6.45) is 7.71. The molecule has 0 aliphatic carbocycles. The summed E-state index contributed by atoms with van der Waals surface area (Å²) in [7, 11) is 0. The predicted molar refractivity (Wildman–Crippen MR) is 144 cm³/mol. The lowest BCUT2D eigenvalue weighted by molar-refractivity contribution is -0.124. The molecule has 196 valence electrons. The average molecular weight is 505 g/mol. The first kappa shape index (κ1) is 26.4. The molecule has 0 saturated carbocycles. The lowest BCUT2D eigenvalue weighted by Gasteiger charge is -2.30. The molecule has 3 aromatic rings. The minimum atomic E-state index is -0.568. The number of fused-ring (bicyclic) bond motifs is 1. The summed E-state index contributed by atoms with van der Waals surface area (Å²) in [5.41, 5.74) is 5.97. The molecule has 0 unspecified atom stereocenters. The number of nitrogens with zero attached hydrogens (tertiary/aromatic N) is 2. The molecule has 8 heteroatoms. The summed E-state index contributed by atoms with van der Waals surface area (Å²) in [5, 5.41) is 9.86. The van der Waals surface area contributed by atoms with Gasteiger partial charge in [-0.05, 0) is 54.0 Å². The molecular weight excluding hydrogens is 468 g/mol. The average Bonchev–Trinajstić information content (AvgIpc) is 3.34. The van der Waals surface area contributed by atoms with E-state index in [1.807, 2.05) is 35.2 Å². The molecule has 0 bridgehead atoms. The summed E-state index contributed by atoms with van der Waals surface area (Å²) in [6.45, 7) is 6.27. The summed E-state index contributed by atoms with van der Waals surface area (Å²) < 4.78 is 5.65. The number of aromatic amines is 1. The van der Waals surface area contributed by atoms with Crippen LogP contribution in [0, 0.1) is 5.92 Å². The number of para-hydroxylation sites is 1. The van der Waals surface area contributed by atoms with Crippen molar-refractivity contribution in [3.63, 3.8) is 0 Å². The molecule has 1 aliphatic heterocycles. The van der Waals surface area contributed by atoms with E-state index in [0.717, 1.165) is 55.5 Å². The van der Waals surface area contributed by atoms with Crippen molar-refractivity contribution in [2.45, 2.75) is 32.7 Å². The molecular formula is C29H36N4O4. The highest BCUT2D eigenvalue weighted by Gasteiger charge is 2.21. The summed E-state index contributed by atoms with van der Waals surface area (Å²) in [6, 6.07) is 16.2. The van der Waals surface area contributed by atoms with Gasteiger partial charge in [0.2, 0.25) is 0 Å². The van der Waals surface area contributed by atoms with Gasteiger partial charge in [0.05, 0.1) is 0 Å². The topological polar surface area (TPSA) is 97.9 Å². The Morgan fingerprint density at radius 3 is 2.65 bits per heavy atom. The molecule has 4 rings (SSSR count). The number of hydroxylamine groups is 1. The van der Waals surface area contributed by atoms with Crippen LogP contribution in [-0.4, -0.2) is 64.8 Å². The molecule has 37 heavy (non-hydrogen) atoms. The maximum absolute atomic E-state index is 12.5. The van der Waals surface area contributed by atoms with Crippen molar-refractivity contribution in [3.05, 3.63) is 77.5 Å². The summed E-state index contributed by atoms with van der Waals surface area (Å²) in [5.74, 6) is 0.0962. The van der Waals surface area contributed by atoms with E-state index in [1.165, 1.54) is 17.0 Å². The fourth-order valence-corrected chi connectivity index (χ4v) is 4.63. The van der Waals surface area contributed by atoms with Gasteiger partial charge in [-0.1, -0.05) is 49.4 Å². The van der Waals surface area contributed by atoms with Gasteiger partial charge in [0, 0.05) is 55.9 Å². The van der Waals surface area contributed by atoms with Crippen molar-refractivity contribution in [2.75, 3.05) is 32.8 Å². The monoisotopic (exact) mass is 504 g/mol. The molecule has 0 spiro atoms. The van der Waals surface area contributed by atoms with Gasteiger partial charge in [-0.3, -0.25) is 14.9 Å². The van der Waals surface area contributed by atoms with Gasteiger partial charge in [0.25, 0.3) is 5.91 Å². The van der Waals surface area contributed by atoms with Crippen LogP contribution in [0.15, 0.2) is 60.8 Å². The van der Waals surface area contributed by atoms with E-state index in [2.05, 4.69) is 41.2 Å². The largest absolute Gasteiger partial charge is 0.448 e. The van der Waals surface area contributed by atoms with E-state index in [4.69, 9.17) is 9.94 Å². The zero-order chi connectivity index (χ0) is 26.0. The number of hydrogen-bond donors (Lipinski definition) is 3. The van der Waals surface area contributed by atoms with E-state index in [-0.39, 0.29) is 6.09 Å². The highest BCUT2D eigenvalue weighted by Crippen LogP contribution is 2.19. The molecule has 1 aromatic heterocycles. The van der Waals surface area contributed by atoms with E-state index in [9.17, 15) is 9.59 Å². The lowest BCUT2D eigenvalue weighted by atomic mass is 10.00. The molecule has 1 aliphatic rings. The Balaban J connectivity index is 1.37. The van der Waals surface area contributed by atoms with Gasteiger partial charge in [0.15, 0.2) is 0 Å². The summed E-state index contributed by atoms with van der Waals surface area (Å²) in [4.78, 5) is 31.2. The van der Waals surface area contributed by atoms with Gasteiger partial charge in [0.1, 0.15) is 6.61 Å². The highest BCUT2D eigenvalue weighted by molar-refractivity contribution is 5.90. The molecule has 2 heterocycles. The van der Waals surface area contributed by atoms with Crippen LogP contribution < -0.4 is 5.48 Å². The predicted octanol–water partition coefficient (Wildman–Crippen LogP) is 4.60. The number of benzene rings is 2. The third kappa shape index (κ3) is 7.68. The molecule has 2 amide bonds. The van der Waals surface area contributed by atoms with E-state index in [0.29, 0.717) is 25.6 Å². The first-order chi connectivity index (χ1) is 18.0. The van der Waals surface area contributed by atoms with Crippen LogP contribution in [-0.2, 0) is 22.5 Å². The SMILES string of the molecule is CC1CCN(C(=O)OCCN(CCc2c[nH]c3ccccc23)Cc2ccc(/C=C/C(=O)NO)cc2)CC1. The number of hydrogen-bond acceptors (Lipinski definition) is 5. The molecule has 8 nitrogen and oxygen atoms in total. The number of H-pyrrole nitrogens is 1. The van der Waals surface area contributed by atoms with E-state index in [1.54, 1.807) is 11.6 Å². The Bertz CT molecular complexity index is 1200. The van der Waals surface area contributed by atoms with Crippen LogP contribution in [0.4, 0.5) is 4.79 Å². The maximum Gasteiger partial charge on any atom is 0.409 e. The van der Waals surface area contributed by atoms with Gasteiger partial charge in [-0.25, -0.2) is 10.3 Å². The number of nitrogens with one attached hydrogen (secondary N) is 2. The number of aromatic nitrogens is 1. The van der Waals surface area contributed by atoms with Gasteiger partial charge in [-0.15, -0.1) is 0 Å². The third-order valence-electron chi connectivity index (χ3n) is 6.97. The number of likely N-dealkylation sites (tertiary alicyclic amines) is 1. The van der Waals surface area contributed by atoms with Gasteiger partial charge < -0.3 is 14.6 Å². The molecule has 1 fully saturated rings. The van der Waals surface area contributed by atoms with Crippen LogP contribution >= 0.6 is 0 Å². The highest BCUT2D eigenvalue weighted by atomic mass is 16.6. The number of carbonyl (C=O) groups is 2. The molecule has 3 N–H and O–H groups in total. The minimum Gasteiger partial charge on any atom is -0.448 e. The number of ether oxygens (including phenoxy) is 1. The Morgan fingerprint density at radius 1 is 1.14 bits per heavy atom. The standard InChI is InChI=1S/C29H36N4O4/c1-22-12-16-33(17-13-22)29(35)37-19-18-32(15-14-25-20-30-27-5-3-2-4-26(25)27)21-24-8-6-23(7-9-24)10-11-28(34)31-36/h2-11,20,22,30,36H,12-19,21H2,1H3,(H,31,34)/b11-10+. The minimum absolute atomic E-state index is 0.216. The first-order valence-corrected chi connectivity index (χ1v) is 12.9. The van der Waals surface area contributed by atoms with Crippen LogP contribution in [0.25, 0.3) is 17.0 Å². The third-order valence-corrected chi connectivity index (χ3v) is 6.97. The van der Waals surface area contributed by atoms with E-state index < -0.39 is 5.91 Å². The van der Waals surface area contributed by atoms with Crippen molar-refractivity contribution < 1.29 is 19.5 Å². The Morgan fingerprint density at radius 2 is 1.89 bits per heavy atom. The van der Waals surface area contributed by atoms with Crippen LogP contribution in [0.3, 0.4) is 0 Å². The first-order valence-electron chi connectivity index (χ1n) is 12.9. The Kier molecular flexibility index (Phi) is 9.35. The van der Waals surface area contributed by atoms with E-state index >= 15 is 0 Å². The number of rotatable bonds is 10. The van der Waals surface area contributed by atoms with Crippen LogP contribution in [0.2, 0.25) is 0 Å². The van der Waals surface area contributed by atoms with Crippen LogP contribution in [0.1, 0.15) is 36.5 Å². The molecule has 1 saturated heterocycles. The fraction of sp³-hybridized carbons (Fsp3) is 0.379. The smallest absolute Gasteiger partial charge is 0.409 e. The second-order valence-electron chi connectivity index (χ2n) is 9.72. The lowest BCUT2D eigenvalue weighted by Crippen LogP contribution is -2.39. The van der Waals surface area contributed by atoms with Gasteiger partial charge in [-0.2, -0.15) is 0 Å². The second-order valence-corrected chi connectivity index (χ2v) is 9.72. The Hall–Kier alpha value is -3.62. The number of carbonyl (C=O) groups excluding carboxylic acids is 2. The van der Waals surface area contributed by atoms with Crippen molar-refractivity contribution in [2.24, 2.45) is 5.92 Å². The number of amides is 2. The molecule has 0 atom stereocenters. The number of piperidine rings is 1. The second kappa shape index (κ2) is 13.1. The van der Waals surface area contributed by atoms with Crippen molar-refractivity contribution in [1.82, 2.24) is 20.3 Å². The van der Waals surface area contributed by atoms with Crippen molar-refractivity contribution in [1.29, 1.82) is 0 Å². The normalized spacial score (nSPS) is 14.5. The molecule has 2 aromatic carbocycles. The Labute approximate surface area is 217 Å². The van der Waals surface area contributed by atoms with Gasteiger partial charge >= 0.3 is 6.09 Å². The quantitative estimate of drug-likeness (QED) is 0.213. The van der Waals surface area contributed by atoms with Crippen molar-refractivity contribution >= 4 is 29.0 Å².